The minimum Gasteiger partial charge on any atom is -0.391 e. The third-order valence-corrected chi connectivity index (χ3v) is 2.50. The lowest BCUT2D eigenvalue weighted by molar-refractivity contribution is 1.64. The lowest BCUT2D eigenvalue weighted by Crippen LogP contribution is -1.73. The number of hydrogen-bond acceptors (Lipinski definition) is 2. The van der Waals surface area contributed by atoms with Crippen LogP contribution in [0.2, 0.25) is 0 Å². The Morgan fingerprint density at radius 3 is 2.70 bits per heavy atom. The zero-order valence-corrected chi connectivity index (χ0v) is 7.03. The first-order valence-electron chi connectivity index (χ1n) is 3.22. The van der Waals surface area contributed by atoms with Crippen LogP contribution in [0, 0.1) is 0 Å². The summed E-state index contributed by atoms with van der Waals surface area (Å²) in [5, 5.41) is 0.885. The van der Waals surface area contributed by atoms with Crippen molar-refractivity contribution in [3.8, 4) is 0 Å². The van der Waals surface area contributed by atoms with Crippen LogP contribution in [0.15, 0.2) is 18.2 Å². The molecule has 0 saturated carbocycles. The van der Waals surface area contributed by atoms with E-state index < -0.39 is 0 Å². The summed E-state index contributed by atoms with van der Waals surface area (Å²) in [4.78, 5) is 1.26. The summed E-state index contributed by atoms with van der Waals surface area (Å²) >= 11 is 1.63. The van der Waals surface area contributed by atoms with E-state index in [0.717, 1.165) is 5.00 Å². The highest BCUT2D eigenvalue weighted by molar-refractivity contribution is 7.16. The quantitative estimate of drug-likeness (QED) is 0.659. The first-order valence-corrected chi connectivity index (χ1v) is 4.04. The Morgan fingerprint density at radius 2 is 2.30 bits per heavy atom. The Morgan fingerprint density at radius 1 is 1.60 bits per heavy atom. The van der Waals surface area contributed by atoms with Crippen molar-refractivity contribution in [1.29, 1.82) is 0 Å². The molecule has 1 aromatic rings. The highest BCUT2D eigenvalue weighted by Gasteiger charge is 1.96. The van der Waals surface area contributed by atoms with Gasteiger partial charge in [-0.25, -0.2) is 0 Å². The van der Waals surface area contributed by atoms with Gasteiger partial charge in [-0.3, -0.25) is 0 Å². The van der Waals surface area contributed by atoms with Crippen LogP contribution < -0.4 is 5.73 Å². The molecule has 1 rings (SSSR count). The molecule has 0 aliphatic rings. The van der Waals surface area contributed by atoms with Crippen LogP contribution in [0.5, 0.6) is 0 Å². The van der Waals surface area contributed by atoms with E-state index in [0.29, 0.717) is 0 Å². The second-order valence-corrected chi connectivity index (χ2v) is 3.29. The largest absolute Gasteiger partial charge is 0.391 e. The zero-order valence-electron chi connectivity index (χ0n) is 6.22. The van der Waals surface area contributed by atoms with Gasteiger partial charge < -0.3 is 5.73 Å². The molecule has 0 spiro atoms. The van der Waals surface area contributed by atoms with Gasteiger partial charge in [0.2, 0.25) is 0 Å². The predicted molar refractivity (Wildman–Crippen MR) is 48.1 cm³/mol. The van der Waals surface area contributed by atoms with Gasteiger partial charge >= 0.3 is 0 Å². The minimum absolute atomic E-state index is 0.885. The third-order valence-electron chi connectivity index (χ3n) is 1.45. The Bertz CT molecular complexity index is 248. The molecule has 0 unspecified atom stereocenters. The van der Waals surface area contributed by atoms with Crippen LogP contribution in [0.1, 0.15) is 18.7 Å². The van der Waals surface area contributed by atoms with Crippen molar-refractivity contribution in [3.63, 3.8) is 0 Å². The molecule has 0 bridgehead atoms. The average Bonchev–Trinajstić information content (AvgIpc) is 2.34. The van der Waals surface area contributed by atoms with Gasteiger partial charge in [-0.05, 0) is 31.6 Å². The highest BCUT2D eigenvalue weighted by atomic mass is 32.1. The SMILES string of the molecule is CC=C(C)c1ccc(N)s1. The Balaban J connectivity index is 2.95. The molecule has 1 aromatic heterocycles. The first kappa shape index (κ1) is 7.35. The van der Waals surface area contributed by atoms with Gasteiger partial charge in [-0.15, -0.1) is 11.3 Å². The second kappa shape index (κ2) is 2.88. The van der Waals surface area contributed by atoms with Crippen molar-refractivity contribution in [2.45, 2.75) is 13.8 Å². The van der Waals surface area contributed by atoms with Gasteiger partial charge in [0, 0.05) is 4.88 Å². The summed E-state index contributed by atoms with van der Waals surface area (Å²) in [5.41, 5.74) is 6.86. The minimum atomic E-state index is 0.885. The molecule has 54 valence electrons. The smallest absolute Gasteiger partial charge is 0.0862 e. The van der Waals surface area contributed by atoms with Gasteiger partial charge in [-0.2, -0.15) is 0 Å². The molecule has 0 atom stereocenters. The van der Waals surface area contributed by atoms with E-state index in [-0.39, 0.29) is 0 Å². The summed E-state index contributed by atoms with van der Waals surface area (Å²) in [5.74, 6) is 0. The fourth-order valence-electron chi connectivity index (χ4n) is 0.707. The van der Waals surface area contributed by atoms with E-state index in [9.17, 15) is 0 Å². The normalized spacial score (nSPS) is 12.0. The van der Waals surface area contributed by atoms with E-state index in [2.05, 4.69) is 19.1 Å². The van der Waals surface area contributed by atoms with E-state index in [4.69, 9.17) is 5.73 Å². The molecule has 0 aliphatic heterocycles. The number of thiophene rings is 1. The van der Waals surface area contributed by atoms with Gasteiger partial charge in [0.1, 0.15) is 0 Å². The maximum absolute atomic E-state index is 5.56. The van der Waals surface area contributed by atoms with E-state index in [1.54, 1.807) is 11.3 Å². The van der Waals surface area contributed by atoms with Gasteiger partial charge in [0.05, 0.1) is 5.00 Å². The van der Waals surface area contributed by atoms with Crippen molar-refractivity contribution >= 4 is 21.9 Å². The van der Waals surface area contributed by atoms with Crippen molar-refractivity contribution in [2.75, 3.05) is 5.73 Å². The highest BCUT2D eigenvalue weighted by Crippen LogP contribution is 2.24. The Kier molecular flexibility index (Phi) is 2.12. The van der Waals surface area contributed by atoms with Crippen LogP contribution in [0.3, 0.4) is 0 Å². The standard InChI is InChI=1S/C8H11NS/c1-3-6(2)7-4-5-8(9)10-7/h3-5H,9H2,1-2H3. The second-order valence-electron chi connectivity index (χ2n) is 2.17. The zero-order chi connectivity index (χ0) is 7.56. The molecule has 2 N–H and O–H groups in total. The number of rotatable bonds is 1. The molecule has 1 heterocycles. The Hall–Kier alpha value is -0.760. The molecular formula is C8H11NS. The van der Waals surface area contributed by atoms with E-state index in [1.807, 2.05) is 13.0 Å². The maximum Gasteiger partial charge on any atom is 0.0862 e. The molecule has 0 radical (unpaired) electrons. The first-order chi connectivity index (χ1) is 4.74. The van der Waals surface area contributed by atoms with Crippen molar-refractivity contribution in [3.05, 3.63) is 23.1 Å². The van der Waals surface area contributed by atoms with Crippen LogP contribution in [0.4, 0.5) is 5.00 Å². The average molecular weight is 153 g/mol. The predicted octanol–water partition coefficient (Wildman–Crippen LogP) is 2.75. The lowest BCUT2D eigenvalue weighted by atomic mass is 10.2. The molecule has 0 aliphatic carbocycles. The fraction of sp³-hybridized carbons (Fsp3) is 0.250. The molecule has 0 fully saturated rings. The third kappa shape index (κ3) is 1.39. The van der Waals surface area contributed by atoms with Gasteiger partial charge in [0.15, 0.2) is 0 Å². The van der Waals surface area contributed by atoms with Crippen molar-refractivity contribution in [1.82, 2.24) is 0 Å². The van der Waals surface area contributed by atoms with Crippen LogP contribution in [-0.4, -0.2) is 0 Å². The van der Waals surface area contributed by atoms with Gasteiger partial charge in [0.25, 0.3) is 0 Å². The number of anilines is 1. The Labute approximate surface area is 65.2 Å². The number of hydrogen-bond donors (Lipinski definition) is 1. The summed E-state index contributed by atoms with van der Waals surface area (Å²) in [7, 11) is 0. The maximum atomic E-state index is 5.56. The number of allylic oxidation sites excluding steroid dienone is 2. The molecule has 0 aromatic carbocycles. The molecular weight excluding hydrogens is 142 g/mol. The fourth-order valence-corrected chi connectivity index (χ4v) is 1.51. The molecule has 1 nitrogen and oxygen atoms in total. The van der Waals surface area contributed by atoms with E-state index in [1.165, 1.54) is 10.5 Å². The van der Waals surface area contributed by atoms with Gasteiger partial charge in [-0.1, -0.05) is 6.08 Å². The van der Waals surface area contributed by atoms with Crippen LogP contribution >= 0.6 is 11.3 Å². The number of nitrogen functional groups attached to an aromatic ring is 1. The molecule has 2 heteroatoms. The number of nitrogens with two attached hydrogens (primary N) is 1. The lowest BCUT2D eigenvalue weighted by Gasteiger charge is -1.90. The summed E-state index contributed by atoms with van der Waals surface area (Å²) in [6.07, 6.45) is 2.09. The molecule has 10 heavy (non-hydrogen) atoms. The molecule has 0 saturated heterocycles. The topological polar surface area (TPSA) is 26.0 Å². The summed E-state index contributed by atoms with van der Waals surface area (Å²) < 4.78 is 0. The summed E-state index contributed by atoms with van der Waals surface area (Å²) in [6, 6.07) is 3.99. The van der Waals surface area contributed by atoms with Crippen molar-refractivity contribution in [2.24, 2.45) is 0 Å². The van der Waals surface area contributed by atoms with Crippen molar-refractivity contribution < 1.29 is 0 Å². The van der Waals surface area contributed by atoms with Crippen LogP contribution in [-0.2, 0) is 0 Å². The molecule has 0 amide bonds. The van der Waals surface area contributed by atoms with E-state index >= 15 is 0 Å². The summed E-state index contributed by atoms with van der Waals surface area (Å²) in [6.45, 7) is 4.12. The van der Waals surface area contributed by atoms with Crippen LogP contribution in [0.25, 0.3) is 5.57 Å². The monoisotopic (exact) mass is 153 g/mol.